The molecule has 0 atom stereocenters. The maximum absolute atomic E-state index is 12.3. The van der Waals surface area contributed by atoms with E-state index in [4.69, 9.17) is 9.47 Å². The molecule has 0 aliphatic carbocycles. The Morgan fingerprint density at radius 3 is 0.800 bits per heavy atom. The Labute approximate surface area is 242 Å². The average Bonchev–Trinajstić information content (AvgIpc) is 3.00. The second-order valence-corrected chi connectivity index (χ2v) is 9.66. The summed E-state index contributed by atoms with van der Waals surface area (Å²) < 4.78 is 9.88. The molecule has 0 aliphatic rings. The Hall–Kier alpha value is -2.70. The number of aliphatic hydroxyl groups is 2. The second-order valence-electron chi connectivity index (χ2n) is 9.66. The number of ether oxygens (including phenoxy) is 2. The number of hydrogen-bond donors (Lipinski definition) is 2. The van der Waals surface area contributed by atoms with E-state index >= 15 is 0 Å². The minimum atomic E-state index is -0.468. The summed E-state index contributed by atoms with van der Waals surface area (Å²) >= 11 is 0. The molecule has 0 aliphatic heterocycles. The lowest BCUT2D eigenvalue weighted by Crippen LogP contribution is -2.21. The highest BCUT2D eigenvalue weighted by Crippen LogP contribution is 2.33. The van der Waals surface area contributed by atoms with Crippen molar-refractivity contribution in [1.82, 2.24) is 0 Å². The first-order valence-electron chi connectivity index (χ1n) is 15.0. The van der Waals surface area contributed by atoms with Crippen molar-refractivity contribution in [2.24, 2.45) is 0 Å². The molecular formula is C34H52O6. The minimum Gasteiger partial charge on any atom is -0.465 e. The van der Waals surface area contributed by atoms with Gasteiger partial charge in [-0.05, 0) is 107 Å². The minimum absolute atomic E-state index is 0.0308. The summed E-state index contributed by atoms with van der Waals surface area (Å²) in [6.45, 7) is 16.8. The first kappa shape index (κ1) is 35.3. The number of esters is 2. The van der Waals surface area contributed by atoms with Crippen molar-refractivity contribution in [3.8, 4) is 0 Å². The molecular weight excluding hydrogens is 504 g/mol. The quantitative estimate of drug-likeness (QED) is 0.293. The summed E-state index contributed by atoms with van der Waals surface area (Å²) in [5.74, 6) is -0.936. The molecule has 0 saturated heterocycles. The van der Waals surface area contributed by atoms with Gasteiger partial charge in [0.05, 0.1) is 38.6 Å². The number of methoxy groups -OCH3 is 2. The third kappa shape index (κ3) is 6.95. The normalized spacial score (nSPS) is 10.7. The monoisotopic (exact) mass is 556 g/mol. The van der Waals surface area contributed by atoms with Gasteiger partial charge in [-0.1, -0.05) is 55.4 Å². The van der Waals surface area contributed by atoms with Crippen LogP contribution >= 0.6 is 0 Å². The predicted molar refractivity (Wildman–Crippen MR) is 162 cm³/mol. The first-order chi connectivity index (χ1) is 19.2. The van der Waals surface area contributed by atoms with Crippen molar-refractivity contribution < 1.29 is 29.3 Å². The lowest BCUT2D eigenvalue weighted by molar-refractivity contribution is 0.0553. The fraction of sp³-hybridized carbons (Fsp3) is 0.588. The molecule has 0 radical (unpaired) electrons. The zero-order valence-electron chi connectivity index (χ0n) is 26.6. The molecule has 2 aromatic carbocycles. The average molecular weight is 557 g/mol. The number of carbonyl (C=O) groups is 2. The Balaban J connectivity index is 0.000000408. The van der Waals surface area contributed by atoms with Gasteiger partial charge in [0.2, 0.25) is 0 Å². The topological polar surface area (TPSA) is 93.1 Å². The predicted octanol–water partition coefficient (Wildman–Crippen LogP) is 6.43. The van der Waals surface area contributed by atoms with Crippen LogP contribution in [0.15, 0.2) is 0 Å². The molecule has 0 heterocycles. The maximum atomic E-state index is 12.3. The highest BCUT2D eigenvalue weighted by atomic mass is 16.5. The van der Waals surface area contributed by atoms with Gasteiger partial charge < -0.3 is 19.7 Å². The molecule has 2 aromatic rings. The van der Waals surface area contributed by atoms with E-state index in [2.05, 4.69) is 41.5 Å². The van der Waals surface area contributed by atoms with E-state index in [0.717, 1.165) is 71.9 Å². The van der Waals surface area contributed by atoms with Crippen molar-refractivity contribution in [2.45, 2.75) is 120 Å². The van der Waals surface area contributed by atoms with Crippen LogP contribution in [0, 0.1) is 0 Å². The van der Waals surface area contributed by atoms with E-state index in [0.29, 0.717) is 24.0 Å². The number of hydrogen-bond acceptors (Lipinski definition) is 6. The lowest BCUT2D eigenvalue weighted by Gasteiger charge is -2.23. The number of aliphatic hydroxyl groups excluding tert-OH is 2. The molecule has 40 heavy (non-hydrogen) atoms. The van der Waals surface area contributed by atoms with Gasteiger partial charge in [-0.2, -0.15) is 0 Å². The van der Waals surface area contributed by atoms with Crippen LogP contribution in [-0.2, 0) is 74.1 Å². The zero-order valence-corrected chi connectivity index (χ0v) is 26.6. The smallest absolute Gasteiger partial charge is 0.339 e. The van der Waals surface area contributed by atoms with E-state index in [9.17, 15) is 19.8 Å². The van der Waals surface area contributed by atoms with Crippen molar-refractivity contribution >= 4 is 11.9 Å². The van der Waals surface area contributed by atoms with Crippen LogP contribution in [0.3, 0.4) is 0 Å². The van der Waals surface area contributed by atoms with Crippen LogP contribution in [-0.4, -0.2) is 36.4 Å². The SMILES string of the molecule is CCc1c(CC)c(CC)c(C(=O)OC)c(C(=O)OC)c1CC.CCc1c(CC)c(CC)c(CO)c(CO)c1CC. The first-order valence-corrected chi connectivity index (χ1v) is 15.0. The van der Waals surface area contributed by atoms with Crippen LogP contribution in [0.4, 0.5) is 0 Å². The summed E-state index contributed by atoms with van der Waals surface area (Å²) in [4.78, 5) is 24.7. The van der Waals surface area contributed by atoms with Crippen LogP contribution < -0.4 is 0 Å². The standard InChI is InChI=1S/C18H26O4.C16H26O2/c1-7-11-12(8-2)14(10-4)16(18(20)22-6)15(13(11)9-3)17(19)21-5;1-5-11-12(6-2)14(8-4)16(10-18)15(9-17)13(11)7-3/h7-10H2,1-6H3;17-18H,5-10H2,1-4H3. The van der Waals surface area contributed by atoms with Crippen LogP contribution in [0.2, 0.25) is 0 Å². The van der Waals surface area contributed by atoms with E-state index in [1.165, 1.54) is 36.5 Å². The van der Waals surface area contributed by atoms with Crippen molar-refractivity contribution in [2.75, 3.05) is 14.2 Å². The lowest BCUT2D eigenvalue weighted by atomic mass is 9.82. The number of benzene rings is 2. The molecule has 0 amide bonds. The summed E-state index contributed by atoms with van der Waals surface area (Å²) in [5.41, 5.74) is 12.1. The van der Waals surface area contributed by atoms with Gasteiger partial charge in [-0.3, -0.25) is 0 Å². The Morgan fingerprint density at radius 1 is 0.425 bits per heavy atom. The van der Waals surface area contributed by atoms with Gasteiger partial charge in [0.15, 0.2) is 0 Å². The molecule has 0 saturated carbocycles. The molecule has 0 unspecified atom stereocenters. The Bertz CT molecular complexity index is 991. The summed E-state index contributed by atoms with van der Waals surface area (Å²) in [7, 11) is 2.68. The van der Waals surface area contributed by atoms with Crippen molar-refractivity contribution in [3.63, 3.8) is 0 Å². The summed E-state index contributed by atoms with van der Waals surface area (Å²) in [6, 6.07) is 0. The van der Waals surface area contributed by atoms with Crippen LogP contribution in [0.25, 0.3) is 0 Å². The summed E-state index contributed by atoms with van der Waals surface area (Å²) in [5, 5.41) is 19.3. The molecule has 0 spiro atoms. The van der Waals surface area contributed by atoms with E-state index < -0.39 is 11.9 Å². The van der Waals surface area contributed by atoms with E-state index in [-0.39, 0.29) is 13.2 Å². The fourth-order valence-corrected chi connectivity index (χ4v) is 6.44. The zero-order chi connectivity index (χ0) is 30.6. The molecule has 224 valence electrons. The molecule has 6 heteroatoms. The second kappa shape index (κ2) is 17.2. The van der Waals surface area contributed by atoms with Crippen LogP contribution in [0.5, 0.6) is 0 Å². The van der Waals surface area contributed by atoms with Crippen LogP contribution in [0.1, 0.15) is 132 Å². The molecule has 6 nitrogen and oxygen atoms in total. The molecule has 2 rings (SSSR count). The summed E-state index contributed by atoms with van der Waals surface area (Å²) in [6.07, 6.45) is 6.83. The fourth-order valence-electron chi connectivity index (χ4n) is 6.44. The maximum Gasteiger partial charge on any atom is 0.339 e. The largest absolute Gasteiger partial charge is 0.465 e. The van der Waals surface area contributed by atoms with Crippen molar-refractivity contribution in [3.05, 3.63) is 66.8 Å². The molecule has 0 bridgehead atoms. The van der Waals surface area contributed by atoms with Gasteiger partial charge in [-0.15, -0.1) is 0 Å². The Morgan fingerprint density at radius 2 is 0.625 bits per heavy atom. The highest BCUT2D eigenvalue weighted by molar-refractivity contribution is 6.06. The van der Waals surface area contributed by atoms with E-state index in [1.54, 1.807) is 0 Å². The highest BCUT2D eigenvalue weighted by Gasteiger charge is 2.29. The molecule has 0 fully saturated rings. The van der Waals surface area contributed by atoms with E-state index in [1.807, 2.05) is 13.8 Å². The Kier molecular flexibility index (Phi) is 15.2. The van der Waals surface area contributed by atoms with Crippen molar-refractivity contribution in [1.29, 1.82) is 0 Å². The third-order valence-electron chi connectivity index (χ3n) is 8.06. The molecule has 0 aromatic heterocycles. The van der Waals surface area contributed by atoms with Gasteiger partial charge in [0, 0.05) is 0 Å². The van der Waals surface area contributed by atoms with Gasteiger partial charge in [0.1, 0.15) is 0 Å². The van der Waals surface area contributed by atoms with Gasteiger partial charge >= 0.3 is 11.9 Å². The number of rotatable bonds is 12. The van der Waals surface area contributed by atoms with Gasteiger partial charge in [0.25, 0.3) is 0 Å². The third-order valence-corrected chi connectivity index (χ3v) is 8.06. The number of carbonyl (C=O) groups excluding carboxylic acids is 2. The molecule has 2 N–H and O–H groups in total. The van der Waals surface area contributed by atoms with Gasteiger partial charge in [-0.25, -0.2) is 9.59 Å².